The zero-order valence-corrected chi connectivity index (χ0v) is 13.9. The van der Waals surface area contributed by atoms with Crippen molar-refractivity contribution in [2.24, 2.45) is 0 Å². The van der Waals surface area contributed by atoms with Gasteiger partial charge >= 0.3 is 5.97 Å². The Bertz CT molecular complexity index is 571. The monoisotopic (exact) mass is 373 g/mol. The van der Waals surface area contributed by atoms with E-state index in [1.54, 1.807) is 4.90 Å². The highest BCUT2D eigenvalue weighted by Crippen LogP contribution is 2.16. The van der Waals surface area contributed by atoms with E-state index in [0.29, 0.717) is 17.6 Å². The van der Waals surface area contributed by atoms with Crippen LogP contribution in [0, 0.1) is 5.82 Å². The number of carbonyl (C=O) groups excluding carboxylic acids is 2. The lowest BCUT2D eigenvalue weighted by molar-refractivity contribution is -0.146. The van der Waals surface area contributed by atoms with Crippen molar-refractivity contribution in [2.45, 2.75) is 26.1 Å². The van der Waals surface area contributed by atoms with Crippen LogP contribution >= 0.6 is 15.9 Å². The van der Waals surface area contributed by atoms with Crippen molar-refractivity contribution in [2.75, 3.05) is 19.7 Å². The summed E-state index contributed by atoms with van der Waals surface area (Å²) < 4.78 is 24.6. The summed E-state index contributed by atoms with van der Waals surface area (Å²) in [5.74, 6) is -1.86. The molecule has 0 unspecified atom stereocenters. The molecule has 1 aromatic rings. The van der Waals surface area contributed by atoms with Gasteiger partial charge in [0.1, 0.15) is 5.82 Å². The molecule has 1 aliphatic heterocycles. The summed E-state index contributed by atoms with van der Waals surface area (Å²) >= 11 is 3.11. The number of amides is 1. The Morgan fingerprint density at radius 2 is 2.00 bits per heavy atom. The van der Waals surface area contributed by atoms with Crippen LogP contribution < -0.4 is 0 Å². The number of benzene rings is 1. The molecule has 120 valence electrons. The van der Waals surface area contributed by atoms with E-state index in [2.05, 4.69) is 15.9 Å². The number of nitrogens with zero attached hydrogens (tertiary/aromatic N) is 1. The predicted octanol–water partition coefficient (Wildman–Crippen LogP) is 2.38. The maximum atomic E-state index is 13.6. The number of halogens is 2. The van der Waals surface area contributed by atoms with Gasteiger partial charge in [0.15, 0.2) is 6.61 Å². The van der Waals surface area contributed by atoms with Crippen LogP contribution in [0.1, 0.15) is 24.2 Å². The number of hydrogen-bond acceptors (Lipinski definition) is 4. The third-order valence-corrected chi connectivity index (χ3v) is 3.74. The normalized spacial score (nSPS) is 21.5. The van der Waals surface area contributed by atoms with Crippen molar-refractivity contribution in [3.63, 3.8) is 0 Å². The Hall–Kier alpha value is -1.47. The van der Waals surface area contributed by atoms with Gasteiger partial charge in [-0.2, -0.15) is 0 Å². The summed E-state index contributed by atoms with van der Waals surface area (Å²) in [5, 5.41) is 0. The lowest BCUT2D eigenvalue weighted by Gasteiger charge is -2.35. The van der Waals surface area contributed by atoms with Gasteiger partial charge in [0, 0.05) is 17.6 Å². The van der Waals surface area contributed by atoms with Crippen molar-refractivity contribution in [1.82, 2.24) is 4.90 Å². The summed E-state index contributed by atoms with van der Waals surface area (Å²) in [7, 11) is 0. The van der Waals surface area contributed by atoms with Gasteiger partial charge in [-0.15, -0.1) is 0 Å². The van der Waals surface area contributed by atoms with E-state index in [0.717, 1.165) is 0 Å². The summed E-state index contributed by atoms with van der Waals surface area (Å²) in [6.45, 7) is 4.24. The Labute approximate surface area is 136 Å². The number of hydrogen-bond donors (Lipinski definition) is 0. The van der Waals surface area contributed by atoms with Crippen molar-refractivity contribution >= 4 is 27.8 Å². The number of carbonyl (C=O) groups is 2. The van der Waals surface area contributed by atoms with Gasteiger partial charge in [-0.3, -0.25) is 4.79 Å². The number of esters is 1. The summed E-state index contributed by atoms with van der Waals surface area (Å²) in [4.78, 5) is 25.5. The summed E-state index contributed by atoms with van der Waals surface area (Å²) in [6, 6.07) is 4.02. The first-order valence-electron chi connectivity index (χ1n) is 6.92. The molecule has 1 aliphatic rings. The maximum Gasteiger partial charge on any atom is 0.341 e. The van der Waals surface area contributed by atoms with Crippen LogP contribution in [0.5, 0.6) is 0 Å². The highest BCUT2D eigenvalue weighted by molar-refractivity contribution is 9.10. The van der Waals surface area contributed by atoms with Gasteiger partial charge in [-0.05, 0) is 32.0 Å². The first-order valence-corrected chi connectivity index (χ1v) is 7.71. The van der Waals surface area contributed by atoms with E-state index < -0.39 is 18.4 Å². The van der Waals surface area contributed by atoms with Gasteiger partial charge in [-0.25, -0.2) is 9.18 Å². The highest BCUT2D eigenvalue weighted by atomic mass is 79.9. The van der Waals surface area contributed by atoms with Crippen molar-refractivity contribution in [3.8, 4) is 0 Å². The van der Waals surface area contributed by atoms with Gasteiger partial charge in [0.05, 0.1) is 17.8 Å². The van der Waals surface area contributed by atoms with Crippen molar-refractivity contribution in [1.29, 1.82) is 0 Å². The van der Waals surface area contributed by atoms with Crippen LogP contribution in [-0.4, -0.2) is 48.7 Å². The molecule has 1 fully saturated rings. The zero-order chi connectivity index (χ0) is 16.3. The third-order valence-electron chi connectivity index (χ3n) is 3.25. The molecule has 0 aliphatic carbocycles. The summed E-state index contributed by atoms with van der Waals surface area (Å²) in [5.41, 5.74) is -0.195. The van der Waals surface area contributed by atoms with Gasteiger partial charge in [-0.1, -0.05) is 15.9 Å². The molecule has 2 rings (SSSR count). The lowest BCUT2D eigenvalue weighted by Crippen LogP contribution is -2.49. The van der Waals surface area contributed by atoms with Crippen molar-refractivity contribution < 1.29 is 23.5 Å². The van der Waals surface area contributed by atoms with E-state index in [1.807, 2.05) is 13.8 Å². The predicted molar refractivity (Wildman–Crippen MR) is 81.0 cm³/mol. The number of ether oxygens (including phenoxy) is 2. The molecule has 0 aromatic heterocycles. The quantitative estimate of drug-likeness (QED) is 0.763. The first-order chi connectivity index (χ1) is 10.4. The second-order valence-electron chi connectivity index (χ2n) is 5.26. The molecule has 0 spiro atoms. The Morgan fingerprint density at radius 1 is 1.36 bits per heavy atom. The molecule has 0 bridgehead atoms. The fraction of sp³-hybridized carbons (Fsp3) is 0.467. The van der Waals surface area contributed by atoms with Crippen LogP contribution in [-0.2, 0) is 14.3 Å². The topological polar surface area (TPSA) is 55.8 Å². The Balaban J connectivity index is 1.91. The standard InChI is InChI=1S/C15H17BrFNO4/c1-9-6-18(7-10(2)22-9)14(19)8-21-15(20)12-4-3-11(16)5-13(12)17/h3-5,9-10H,6-8H2,1-2H3/t9-,10-/m0/s1. The maximum absolute atomic E-state index is 13.6. The number of morpholine rings is 1. The van der Waals surface area contributed by atoms with Crippen LogP contribution in [0.15, 0.2) is 22.7 Å². The van der Waals surface area contributed by atoms with Crippen LogP contribution in [0.2, 0.25) is 0 Å². The molecule has 0 radical (unpaired) electrons. The van der Waals surface area contributed by atoms with Crippen LogP contribution in [0.3, 0.4) is 0 Å². The molecule has 1 heterocycles. The van der Waals surface area contributed by atoms with Gasteiger partial charge in [0.2, 0.25) is 0 Å². The molecular weight excluding hydrogens is 357 g/mol. The average Bonchev–Trinajstić information content (AvgIpc) is 2.43. The van der Waals surface area contributed by atoms with Crippen LogP contribution in [0.25, 0.3) is 0 Å². The number of rotatable bonds is 3. The SMILES string of the molecule is C[C@H]1CN(C(=O)COC(=O)c2ccc(Br)cc2F)C[C@H](C)O1. The fourth-order valence-electron chi connectivity index (χ4n) is 2.33. The molecule has 2 atom stereocenters. The van der Waals surface area contributed by atoms with E-state index in [9.17, 15) is 14.0 Å². The second kappa shape index (κ2) is 7.19. The van der Waals surface area contributed by atoms with Gasteiger partial charge < -0.3 is 14.4 Å². The minimum Gasteiger partial charge on any atom is -0.452 e. The molecule has 1 saturated heterocycles. The minimum atomic E-state index is -0.854. The Morgan fingerprint density at radius 3 is 2.59 bits per heavy atom. The second-order valence-corrected chi connectivity index (χ2v) is 6.17. The smallest absolute Gasteiger partial charge is 0.341 e. The summed E-state index contributed by atoms with van der Waals surface area (Å²) in [6.07, 6.45) is -0.125. The van der Waals surface area contributed by atoms with E-state index >= 15 is 0 Å². The third kappa shape index (κ3) is 4.27. The molecule has 0 N–H and O–H groups in total. The van der Waals surface area contributed by atoms with E-state index in [-0.39, 0.29) is 23.7 Å². The van der Waals surface area contributed by atoms with E-state index in [4.69, 9.17) is 9.47 Å². The molecule has 7 heteroatoms. The van der Waals surface area contributed by atoms with Gasteiger partial charge in [0.25, 0.3) is 5.91 Å². The molecule has 22 heavy (non-hydrogen) atoms. The first kappa shape index (κ1) is 16.9. The molecular formula is C15H17BrFNO4. The lowest BCUT2D eigenvalue weighted by atomic mass is 10.2. The largest absolute Gasteiger partial charge is 0.452 e. The van der Waals surface area contributed by atoms with Crippen molar-refractivity contribution in [3.05, 3.63) is 34.1 Å². The molecule has 5 nitrogen and oxygen atoms in total. The average molecular weight is 374 g/mol. The Kier molecular flexibility index (Phi) is 5.52. The fourth-order valence-corrected chi connectivity index (χ4v) is 2.67. The minimum absolute atomic E-state index is 0.0627. The molecule has 1 amide bonds. The zero-order valence-electron chi connectivity index (χ0n) is 12.3. The highest BCUT2D eigenvalue weighted by Gasteiger charge is 2.26. The molecule has 0 saturated carbocycles. The van der Waals surface area contributed by atoms with E-state index in [1.165, 1.54) is 18.2 Å². The molecule has 1 aromatic carbocycles. The van der Waals surface area contributed by atoms with Crippen LogP contribution in [0.4, 0.5) is 4.39 Å².